The number of rotatable bonds is 3. The van der Waals surface area contributed by atoms with Crippen LogP contribution < -0.4 is 15.5 Å². The minimum absolute atomic E-state index is 0.260. The summed E-state index contributed by atoms with van der Waals surface area (Å²) in [5, 5.41) is 10.7. The summed E-state index contributed by atoms with van der Waals surface area (Å²) in [5.41, 5.74) is 2.92. The minimum atomic E-state index is -0.447. The van der Waals surface area contributed by atoms with Crippen LogP contribution in [0.25, 0.3) is 11.0 Å². The highest BCUT2D eigenvalue weighted by Gasteiger charge is 2.29. The molecule has 2 saturated heterocycles. The minimum Gasteiger partial charge on any atom is -0.354 e. The van der Waals surface area contributed by atoms with E-state index < -0.39 is 6.03 Å². The molecule has 8 nitrogen and oxygen atoms in total. The lowest BCUT2D eigenvalue weighted by atomic mass is 10.0. The van der Waals surface area contributed by atoms with Crippen LogP contribution in [0.15, 0.2) is 16.7 Å². The lowest BCUT2D eigenvalue weighted by Crippen LogP contribution is -2.49. The van der Waals surface area contributed by atoms with Crippen molar-refractivity contribution in [1.82, 2.24) is 20.7 Å². The number of carbonyl (C=O) groups is 2. The first kappa shape index (κ1) is 17.0. The molecule has 0 unspecified atom stereocenters. The van der Waals surface area contributed by atoms with Crippen LogP contribution in [0.4, 0.5) is 10.6 Å². The van der Waals surface area contributed by atoms with Crippen LogP contribution in [0.2, 0.25) is 0 Å². The zero-order chi connectivity index (χ0) is 18.3. The van der Waals surface area contributed by atoms with Crippen LogP contribution in [0.1, 0.15) is 24.5 Å². The number of aryl methyl sites for hydroxylation is 1. The van der Waals surface area contributed by atoms with Crippen molar-refractivity contribution >= 4 is 28.7 Å². The summed E-state index contributed by atoms with van der Waals surface area (Å²) >= 11 is 0. The Balaban J connectivity index is 1.66. The van der Waals surface area contributed by atoms with Crippen LogP contribution in [-0.4, -0.2) is 54.2 Å². The molecule has 0 aliphatic carbocycles. The van der Waals surface area contributed by atoms with Crippen molar-refractivity contribution in [2.45, 2.75) is 32.9 Å². The molecule has 8 heteroatoms. The Labute approximate surface area is 151 Å². The molecule has 0 bridgehead atoms. The molecule has 4 rings (SSSR count). The largest absolute Gasteiger partial charge is 0.354 e. The van der Waals surface area contributed by atoms with Crippen molar-refractivity contribution < 1.29 is 14.1 Å². The normalized spacial score (nSPS) is 22.1. The summed E-state index contributed by atoms with van der Waals surface area (Å²) in [6.45, 7) is 8.39. The second-order valence-corrected chi connectivity index (χ2v) is 7.07. The molecule has 0 saturated carbocycles. The van der Waals surface area contributed by atoms with Gasteiger partial charge in [-0.1, -0.05) is 11.2 Å². The average molecular weight is 357 g/mol. The molecule has 1 aromatic heterocycles. The Bertz CT molecular complexity index is 862. The first-order chi connectivity index (χ1) is 12.5. The quantitative estimate of drug-likeness (QED) is 0.862. The van der Waals surface area contributed by atoms with Gasteiger partial charge >= 0.3 is 6.03 Å². The maximum Gasteiger partial charge on any atom is 0.329 e. The van der Waals surface area contributed by atoms with Gasteiger partial charge in [-0.2, -0.15) is 0 Å². The van der Waals surface area contributed by atoms with Crippen LogP contribution >= 0.6 is 0 Å². The highest BCUT2D eigenvalue weighted by Crippen LogP contribution is 2.32. The van der Waals surface area contributed by atoms with E-state index in [0.717, 1.165) is 37.1 Å². The third kappa shape index (κ3) is 3.06. The van der Waals surface area contributed by atoms with Crippen LogP contribution in [0, 0.1) is 6.92 Å². The van der Waals surface area contributed by atoms with Gasteiger partial charge in [-0.25, -0.2) is 4.79 Å². The molecule has 0 radical (unpaired) electrons. The maximum absolute atomic E-state index is 12.2. The monoisotopic (exact) mass is 357 g/mol. The molecule has 1 aromatic carbocycles. The summed E-state index contributed by atoms with van der Waals surface area (Å²) in [5.74, 6) is 0.224. The van der Waals surface area contributed by atoms with Crippen molar-refractivity contribution in [2.24, 2.45) is 0 Å². The van der Waals surface area contributed by atoms with Gasteiger partial charge in [0.25, 0.3) is 0 Å². The molecule has 2 aromatic rings. The van der Waals surface area contributed by atoms with E-state index in [1.54, 1.807) is 0 Å². The van der Waals surface area contributed by atoms with E-state index in [1.165, 1.54) is 10.5 Å². The molecule has 26 heavy (non-hydrogen) atoms. The van der Waals surface area contributed by atoms with Gasteiger partial charge in [0, 0.05) is 45.2 Å². The van der Waals surface area contributed by atoms with Gasteiger partial charge in [0.05, 0.1) is 5.39 Å². The fourth-order valence-corrected chi connectivity index (χ4v) is 3.74. The standard InChI is InChI=1S/C18H23N5O3/c1-11-9-22(8-6-19-11)10-13-3-4-14-16(12(13)2)17(21-26-14)23-7-5-15(24)20-18(23)25/h3-4,11,19H,5-10H2,1-2H3,(H,20,24,25)/t11-/m0/s1. The second-order valence-electron chi connectivity index (χ2n) is 7.07. The van der Waals surface area contributed by atoms with Crippen molar-refractivity contribution in [3.05, 3.63) is 23.3 Å². The number of fused-ring (bicyclic) bond motifs is 1. The summed E-state index contributed by atoms with van der Waals surface area (Å²) in [6.07, 6.45) is 0.261. The molecule has 138 valence electrons. The number of benzene rings is 1. The lowest BCUT2D eigenvalue weighted by Gasteiger charge is -2.32. The predicted molar refractivity (Wildman–Crippen MR) is 97.0 cm³/mol. The number of anilines is 1. The fraction of sp³-hybridized carbons (Fsp3) is 0.500. The van der Waals surface area contributed by atoms with E-state index in [2.05, 4.69) is 33.7 Å². The van der Waals surface area contributed by atoms with E-state index >= 15 is 0 Å². The van der Waals surface area contributed by atoms with E-state index in [-0.39, 0.29) is 12.3 Å². The second kappa shape index (κ2) is 6.69. The highest BCUT2D eigenvalue weighted by molar-refractivity contribution is 6.09. The number of piperazine rings is 1. The van der Waals surface area contributed by atoms with Gasteiger partial charge in [0.2, 0.25) is 5.91 Å². The Morgan fingerprint density at radius 1 is 1.31 bits per heavy atom. The van der Waals surface area contributed by atoms with Gasteiger partial charge in [-0.05, 0) is 31.0 Å². The fourth-order valence-electron chi connectivity index (χ4n) is 3.74. The van der Waals surface area contributed by atoms with Gasteiger partial charge < -0.3 is 9.84 Å². The van der Waals surface area contributed by atoms with Crippen molar-refractivity contribution in [1.29, 1.82) is 0 Å². The maximum atomic E-state index is 12.2. The zero-order valence-electron chi connectivity index (χ0n) is 15.0. The molecule has 2 fully saturated rings. The third-order valence-electron chi connectivity index (χ3n) is 5.15. The Morgan fingerprint density at radius 3 is 2.92 bits per heavy atom. The van der Waals surface area contributed by atoms with E-state index in [0.29, 0.717) is 24.0 Å². The first-order valence-corrected chi connectivity index (χ1v) is 8.98. The predicted octanol–water partition coefficient (Wildman–Crippen LogP) is 1.38. The molecular weight excluding hydrogens is 334 g/mol. The Kier molecular flexibility index (Phi) is 4.37. The van der Waals surface area contributed by atoms with Gasteiger partial charge in [-0.15, -0.1) is 0 Å². The van der Waals surface area contributed by atoms with Gasteiger partial charge in [0.15, 0.2) is 11.4 Å². The van der Waals surface area contributed by atoms with Crippen LogP contribution in [0.5, 0.6) is 0 Å². The highest BCUT2D eigenvalue weighted by atomic mass is 16.5. The summed E-state index contributed by atoms with van der Waals surface area (Å²) in [7, 11) is 0. The number of amides is 3. The van der Waals surface area contributed by atoms with E-state index in [1.807, 2.05) is 13.0 Å². The van der Waals surface area contributed by atoms with Gasteiger partial charge in [0.1, 0.15) is 0 Å². The molecule has 3 amide bonds. The van der Waals surface area contributed by atoms with Crippen LogP contribution in [-0.2, 0) is 11.3 Å². The van der Waals surface area contributed by atoms with Gasteiger partial charge in [-0.3, -0.25) is 19.9 Å². The molecule has 2 aliphatic rings. The number of carbonyl (C=O) groups excluding carboxylic acids is 2. The zero-order valence-corrected chi connectivity index (χ0v) is 15.0. The summed E-state index contributed by atoms with van der Waals surface area (Å²) in [6, 6.07) is 4.01. The molecular formula is C18H23N5O3. The smallest absolute Gasteiger partial charge is 0.329 e. The van der Waals surface area contributed by atoms with E-state index in [4.69, 9.17) is 4.52 Å². The van der Waals surface area contributed by atoms with E-state index in [9.17, 15) is 9.59 Å². The topological polar surface area (TPSA) is 90.7 Å². The number of hydrogen-bond donors (Lipinski definition) is 2. The van der Waals surface area contributed by atoms with Crippen molar-refractivity contribution in [2.75, 3.05) is 31.1 Å². The number of imide groups is 1. The summed E-state index contributed by atoms with van der Waals surface area (Å²) in [4.78, 5) is 27.5. The average Bonchev–Trinajstić information content (AvgIpc) is 3.02. The SMILES string of the molecule is Cc1c(CN2CCN[C@@H](C)C2)ccc2onc(N3CCC(=O)NC3=O)c12. The third-order valence-corrected chi connectivity index (χ3v) is 5.15. The number of aromatic nitrogens is 1. The number of nitrogens with one attached hydrogen (secondary N) is 2. The molecule has 3 heterocycles. The lowest BCUT2D eigenvalue weighted by molar-refractivity contribution is -0.120. The molecule has 1 atom stereocenters. The molecule has 2 aliphatic heterocycles. The number of urea groups is 1. The number of hydrogen-bond acceptors (Lipinski definition) is 6. The van der Waals surface area contributed by atoms with Crippen molar-refractivity contribution in [3.63, 3.8) is 0 Å². The first-order valence-electron chi connectivity index (χ1n) is 8.98. The summed E-state index contributed by atoms with van der Waals surface area (Å²) < 4.78 is 5.44. The number of nitrogens with zero attached hydrogens (tertiary/aromatic N) is 3. The van der Waals surface area contributed by atoms with Crippen LogP contribution in [0.3, 0.4) is 0 Å². The molecule has 2 N–H and O–H groups in total. The van der Waals surface area contributed by atoms with Crippen molar-refractivity contribution in [3.8, 4) is 0 Å². The molecule has 0 spiro atoms. The Hall–Kier alpha value is -2.45. The Morgan fingerprint density at radius 2 is 2.15 bits per heavy atom.